The van der Waals surface area contributed by atoms with Crippen LogP contribution in [0.3, 0.4) is 0 Å². The van der Waals surface area contributed by atoms with E-state index in [4.69, 9.17) is 9.97 Å². The fraction of sp³-hybridized carbons (Fsp3) is 0. The number of fused-ring (bicyclic) bond motifs is 3. The maximum Gasteiger partial charge on any atom is 0.136 e. The average molecular weight is 565 g/mol. The first-order valence-corrected chi connectivity index (χ1v) is 14.6. The van der Waals surface area contributed by atoms with Crippen molar-refractivity contribution in [3.05, 3.63) is 74.1 Å². The van der Waals surface area contributed by atoms with Crippen LogP contribution in [0.2, 0.25) is 0 Å². The number of hydrogen-bond acceptors (Lipinski definition) is 12. The van der Waals surface area contributed by atoms with E-state index >= 15 is 0 Å². The van der Waals surface area contributed by atoms with Crippen LogP contribution in [0.15, 0.2) is 74.1 Å². The number of hydrogen-bond donors (Lipinski definition) is 0. The molecule has 8 rings (SSSR count). The summed E-state index contributed by atoms with van der Waals surface area (Å²) in [4.78, 5) is 37.4. The van der Waals surface area contributed by atoms with E-state index in [1.807, 2.05) is 12.4 Å². The van der Waals surface area contributed by atoms with Crippen LogP contribution in [0.4, 0.5) is 0 Å². The van der Waals surface area contributed by atoms with Crippen molar-refractivity contribution in [3.8, 4) is 40.9 Å². The highest BCUT2D eigenvalue weighted by atomic mass is 32.1. The average Bonchev–Trinajstić information content (AvgIpc) is 3.76. The van der Waals surface area contributed by atoms with Crippen LogP contribution < -0.4 is 0 Å². The van der Waals surface area contributed by atoms with Gasteiger partial charge < -0.3 is 0 Å². The van der Waals surface area contributed by atoms with E-state index in [1.54, 1.807) is 70.1 Å². The van der Waals surface area contributed by atoms with Crippen LogP contribution >= 0.6 is 45.3 Å². The van der Waals surface area contributed by atoms with Crippen molar-refractivity contribution in [1.82, 2.24) is 39.9 Å². The molecule has 180 valence electrons. The van der Waals surface area contributed by atoms with Crippen LogP contribution in [-0.4, -0.2) is 39.9 Å². The number of aromatic nitrogens is 8. The van der Waals surface area contributed by atoms with E-state index in [-0.39, 0.29) is 0 Å². The van der Waals surface area contributed by atoms with Gasteiger partial charge in [0.15, 0.2) is 0 Å². The van der Waals surface area contributed by atoms with Gasteiger partial charge in [0.25, 0.3) is 0 Å². The van der Waals surface area contributed by atoms with Gasteiger partial charge in [-0.15, -0.1) is 45.3 Å². The Bertz CT molecular complexity index is 1880. The third-order valence-corrected chi connectivity index (χ3v) is 10.4. The van der Waals surface area contributed by atoms with Crippen LogP contribution in [0.1, 0.15) is 0 Å². The van der Waals surface area contributed by atoms with Gasteiger partial charge in [0.2, 0.25) is 0 Å². The summed E-state index contributed by atoms with van der Waals surface area (Å²) in [6.45, 7) is 0. The lowest BCUT2D eigenvalue weighted by Crippen LogP contribution is -1.79. The Kier molecular flexibility index (Phi) is 5.04. The maximum atomic E-state index is 4.93. The van der Waals surface area contributed by atoms with Crippen molar-refractivity contribution >= 4 is 76.6 Å². The smallest absolute Gasteiger partial charge is 0.136 e. The van der Waals surface area contributed by atoms with E-state index in [0.717, 1.165) is 72.1 Å². The molecule has 38 heavy (non-hydrogen) atoms. The van der Waals surface area contributed by atoms with E-state index in [1.165, 1.54) is 12.7 Å². The van der Waals surface area contributed by atoms with Crippen LogP contribution in [0, 0.1) is 0 Å². The van der Waals surface area contributed by atoms with Crippen molar-refractivity contribution in [2.45, 2.75) is 0 Å². The summed E-state index contributed by atoms with van der Waals surface area (Å²) in [7, 11) is 0. The molecule has 0 aliphatic carbocycles. The topological polar surface area (TPSA) is 103 Å². The molecule has 12 heteroatoms. The number of thiazole rings is 4. The standard InChI is InChI=1S/C26H12N8S4/c1-13-3-20-18(34-26(36-20)22-10-32-24(38-22)16-7-29-12-30-8-16)2-14(13)4-19-17(1)33-25(35-19)21-9-31-23(37-21)15-5-27-11-28-6-15/h1-12H. The molecule has 0 unspecified atom stereocenters. The van der Waals surface area contributed by atoms with Crippen LogP contribution in [0.25, 0.3) is 72.1 Å². The first-order valence-electron chi connectivity index (χ1n) is 11.3. The van der Waals surface area contributed by atoms with E-state index in [0.29, 0.717) is 0 Å². The third-order valence-electron chi connectivity index (χ3n) is 5.90. The molecular weight excluding hydrogens is 553 g/mol. The molecule has 0 aliphatic heterocycles. The fourth-order valence-corrected chi connectivity index (χ4v) is 7.99. The largest absolute Gasteiger partial charge is 0.244 e. The van der Waals surface area contributed by atoms with Gasteiger partial charge in [-0.05, 0) is 35.0 Å². The molecule has 6 aromatic heterocycles. The summed E-state index contributed by atoms with van der Waals surface area (Å²) in [5.74, 6) is 0. The SMILES string of the molecule is c1ncc(-c2ncc(-c3nc4cc5cc6sc(-c7cnc(-c8cncnc8)s7)nc6cc5cc4s3)s2)cn1. The second-order valence-electron chi connectivity index (χ2n) is 8.34. The minimum absolute atomic E-state index is 0.886. The molecule has 0 saturated carbocycles. The van der Waals surface area contributed by atoms with E-state index in [2.05, 4.69) is 54.2 Å². The van der Waals surface area contributed by atoms with Gasteiger partial charge in [-0.3, -0.25) is 0 Å². The van der Waals surface area contributed by atoms with Gasteiger partial charge in [0.1, 0.15) is 32.7 Å². The number of benzene rings is 2. The van der Waals surface area contributed by atoms with Gasteiger partial charge in [0.05, 0.1) is 30.2 Å². The van der Waals surface area contributed by atoms with Crippen molar-refractivity contribution in [3.63, 3.8) is 0 Å². The normalized spacial score (nSPS) is 11.7. The lowest BCUT2D eigenvalue weighted by molar-refractivity contribution is 1.17. The van der Waals surface area contributed by atoms with Gasteiger partial charge in [-0.1, -0.05) is 0 Å². The fourth-order valence-electron chi connectivity index (χ4n) is 4.14. The summed E-state index contributed by atoms with van der Waals surface area (Å²) in [6.07, 6.45) is 13.9. The van der Waals surface area contributed by atoms with E-state index in [9.17, 15) is 0 Å². The molecule has 0 N–H and O–H groups in total. The highest BCUT2D eigenvalue weighted by Crippen LogP contribution is 2.40. The van der Waals surface area contributed by atoms with Crippen molar-refractivity contribution in [2.75, 3.05) is 0 Å². The third kappa shape index (κ3) is 3.77. The monoisotopic (exact) mass is 564 g/mol. The molecule has 0 radical (unpaired) electrons. The highest BCUT2D eigenvalue weighted by molar-refractivity contribution is 7.27. The summed E-state index contributed by atoms with van der Waals surface area (Å²) in [5, 5.41) is 5.99. The number of rotatable bonds is 4. The molecule has 8 nitrogen and oxygen atoms in total. The Balaban J connectivity index is 1.15. The molecule has 0 saturated heterocycles. The first-order chi connectivity index (χ1) is 18.8. The molecule has 6 heterocycles. The Hall–Kier alpha value is -4.10. The molecule has 0 amide bonds. The number of nitrogens with zero attached hydrogens (tertiary/aromatic N) is 8. The molecule has 0 atom stereocenters. The molecule has 0 bridgehead atoms. The summed E-state index contributed by atoms with van der Waals surface area (Å²) < 4.78 is 2.27. The zero-order valence-electron chi connectivity index (χ0n) is 19.1. The Morgan fingerprint density at radius 3 is 1.34 bits per heavy atom. The quantitative estimate of drug-likeness (QED) is 0.221. The molecule has 8 aromatic rings. The van der Waals surface area contributed by atoms with Gasteiger partial charge in [-0.2, -0.15) is 0 Å². The summed E-state index contributed by atoms with van der Waals surface area (Å²) >= 11 is 6.55. The van der Waals surface area contributed by atoms with Gasteiger partial charge in [0, 0.05) is 48.3 Å². The predicted octanol–water partition coefficient (Wildman–Crippen LogP) is 7.22. The van der Waals surface area contributed by atoms with Crippen molar-refractivity contribution in [2.24, 2.45) is 0 Å². The zero-order valence-corrected chi connectivity index (χ0v) is 22.4. The second-order valence-corrected chi connectivity index (χ2v) is 12.5. The lowest BCUT2D eigenvalue weighted by atomic mass is 10.1. The lowest BCUT2D eigenvalue weighted by Gasteiger charge is -1.97. The van der Waals surface area contributed by atoms with Crippen LogP contribution in [-0.2, 0) is 0 Å². The van der Waals surface area contributed by atoms with Gasteiger partial charge >= 0.3 is 0 Å². The van der Waals surface area contributed by atoms with Crippen LogP contribution in [0.5, 0.6) is 0 Å². The summed E-state index contributed by atoms with van der Waals surface area (Å²) in [5.41, 5.74) is 3.78. The minimum Gasteiger partial charge on any atom is -0.244 e. The Morgan fingerprint density at radius 1 is 0.447 bits per heavy atom. The van der Waals surface area contributed by atoms with Crippen molar-refractivity contribution < 1.29 is 0 Å². The summed E-state index contributed by atoms with van der Waals surface area (Å²) in [6, 6.07) is 8.74. The van der Waals surface area contributed by atoms with Gasteiger partial charge in [-0.25, -0.2) is 39.9 Å². The van der Waals surface area contributed by atoms with Crippen molar-refractivity contribution in [1.29, 1.82) is 0 Å². The molecule has 0 spiro atoms. The Labute approximate surface area is 230 Å². The molecule has 0 aliphatic rings. The Morgan fingerprint density at radius 2 is 0.895 bits per heavy atom. The minimum atomic E-state index is 0.886. The molecular formula is C26H12N8S4. The second kappa shape index (κ2) is 8.74. The molecule has 0 fully saturated rings. The highest BCUT2D eigenvalue weighted by Gasteiger charge is 2.15. The maximum absolute atomic E-state index is 4.93. The first kappa shape index (κ1) is 21.9. The predicted molar refractivity (Wildman–Crippen MR) is 155 cm³/mol. The molecule has 2 aromatic carbocycles. The van der Waals surface area contributed by atoms with E-state index < -0.39 is 0 Å². The zero-order chi connectivity index (χ0) is 25.1.